The van der Waals surface area contributed by atoms with Crippen LogP contribution in [0.1, 0.15) is 0 Å². The fraction of sp³-hybridized carbons (Fsp3) is 0.667. The summed E-state index contributed by atoms with van der Waals surface area (Å²) in [7, 11) is -2.35. The average molecular weight is 139 g/mol. The predicted molar refractivity (Wildman–Crippen MR) is 31.4 cm³/mol. The van der Waals surface area contributed by atoms with Crippen LogP contribution >= 0.6 is 11.1 Å². The average Bonchev–Trinajstić information content (AvgIpc) is 1.31. The molecular weight excluding hydrogens is 132 g/mol. The second-order valence-corrected chi connectivity index (χ2v) is 7.98. The molecule has 0 aliphatic rings. The zero-order valence-corrected chi connectivity index (χ0v) is 5.99. The van der Waals surface area contributed by atoms with Crippen LogP contribution in [0.15, 0.2) is 0 Å². The van der Waals surface area contributed by atoms with Crippen molar-refractivity contribution in [1.82, 2.24) is 0 Å². The van der Waals surface area contributed by atoms with E-state index in [1.165, 1.54) is 0 Å². The van der Waals surface area contributed by atoms with Gasteiger partial charge in [-0.05, 0) is 13.1 Å². The van der Waals surface area contributed by atoms with Gasteiger partial charge in [-0.2, -0.15) is 11.1 Å². The molecule has 2 nitrogen and oxygen atoms in total. The molecule has 0 bridgehead atoms. The summed E-state index contributed by atoms with van der Waals surface area (Å²) in [5, 5.41) is 8.18. The van der Waals surface area contributed by atoms with Crippen LogP contribution in [0.3, 0.4) is 0 Å². The van der Waals surface area contributed by atoms with E-state index < -0.39 is 13.0 Å². The molecule has 0 saturated carbocycles. The van der Waals surface area contributed by atoms with Gasteiger partial charge in [0.2, 0.25) is 0 Å². The van der Waals surface area contributed by atoms with Crippen LogP contribution in [0, 0.1) is 0 Å². The SMILES string of the molecule is C[Si](C)(Cl)C(=O)O. The predicted octanol–water partition coefficient (Wildman–Crippen LogP) is 1.69. The van der Waals surface area contributed by atoms with E-state index in [2.05, 4.69) is 0 Å². The summed E-state index contributed by atoms with van der Waals surface area (Å²) in [6.45, 7) is 3.13. The van der Waals surface area contributed by atoms with E-state index in [9.17, 15) is 4.79 Å². The van der Waals surface area contributed by atoms with E-state index in [0.717, 1.165) is 0 Å². The van der Waals surface area contributed by atoms with Gasteiger partial charge in [-0.3, -0.25) is 4.79 Å². The second kappa shape index (κ2) is 1.84. The van der Waals surface area contributed by atoms with Crippen LogP contribution in [-0.4, -0.2) is 18.1 Å². The molecule has 1 N–H and O–H groups in total. The van der Waals surface area contributed by atoms with Crippen molar-refractivity contribution in [2.75, 3.05) is 0 Å². The summed E-state index contributed by atoms with van der Waals surface area (Å²) in [6, 6.07) is 0. The van der Waals surface area contributed by atoms with Crippen molar-refractivity contribution in [3.05, 3.63) is 0 Å². The standard InChI is InChI=1S/C3H7ClO2Si/c1-7(2,4)3(5)6/h1-2H3,(H,5,6). The van der Waals surface area contributed by atoms with E-state index in [1.807, 2.05) is 0 Å². The maximum atomic E-state index is 9.95. The first-order valence-electron chi connectivity index (χ1n) is 1.87. The molecule has 0 aliphatic heterocycles. The van der Waals surface area contributed by atoms with Crippen LogP contribution < -0.4 is 0 Å². The minimum atomic E-state index is -2.35. The zero-order chi connectivity index (χ0) is 6.08. The van der Waals surface area contributed by atoms with Gasteiger partial charge in [-0.25, -0.2) is 0 Å². The molecule has 0 atom stereocenters. The second-order valence-electron chi connectivity index (χ2n) is 1.78. The highest BCUT2D eigenvalue weighted by molar-refractivity contribution is 7.34. The first-order chi connectivity index (χ1) is 2.94. The fourth-order valence-electron chi connectivity index (χ4n) is 0. The molecule has 42 valence electrons. The fourth-order valence-corrected chi connectivity index (χ4v) is 0. The molecule has 0 rings (SSSR count). The Bertz CT molecular complexity index is 85.4. The lowest BCUT2D eigenvalue weighted by molar-refractivity contribution is 0.218. The number of halogens is 1. The number of carboxylic acid groups (broad SMARTS) is 1. The normalized spacial score (nSPS) is 11.3. The van der Waals surface area contributed by atoms with Crippen molar-refractivity contribution in [3.8, 4) is 0 Å². The Morgan fingerprint density at radius 3 is 1.86 bits per heavy atom. The summed E-state index contributed by atoms with van der Waals surface area (Å²) in [5.74, 6) is 0. The van der Waals surface area contributed by atoms with E-state index in [4.69, 9.17) is 16.2 Å². The van der Waals surface area contributed by atoms with Crippen molar-refractivity contribution in [1.29, 1.82) is 0 Å². The van der Waals surface area contributed by atoms with Gasteiger partial charge in [0.15, 0.2) is 0 Å². The van der Waals surface area contributed by atoms with Crippen LogP contribution in [-0.2, 0) is 0 Å². The molecule has 7 heavy (non-hydrogen) atoms. The van der Waals surface area contributed by atoms with Gasteiger partial charge in [-0.1, -0.05) is 0 Å². The van der Waals surface area contributed by atoms with Gasteiger partial charge < -0.3 is 5.11 Å². The molecular formula is C3H7ClO2Si. The number of hydrogen-bond acceptors (Lipinski definition) is 1. The lowest BCUT2D eigenvalue weighted by Crippen LogP contribution is -2.28. The summed E-state index contributed by atoms with van der Waals surface area (Å²) in [5.41, 5.74) is -0.853. The third-order valence-electron chi connectivity index (χ3n) is 0.509. The third-order valence-corrected chi connectivity index (χ3v) is 2.01. The smallest absolute Gasteiger partial charge is 0.287 e. The summed E-state index contributed by atoms with van der Waals surface area (Å²) < 4.78 is 0. The van der Waals surface area contributed by atoms with Gasteiger partial charge in [0.05, 0.1) is 0 Å². The highest BCUT2D eigenvalue weighted by atomic mass is 35.6. The molecule has 0 aromatic heterocycles. The molecule has 0 aromatic rings. The molecule has 0 saturated heterocycles. The lowest BCUT2D eigenvalue weighted by atomic mass is 11.6. The Balaban J connectivity index is 3.79. The maximum Gasteiger partial charge on any atom is 0.287 e. The summed E-state index contributed by atoms with van der Waals surface area (Å²) in [6.07, 6.45) is 0. The Labute approximate surface area is 47.8 Å². The molecule has 0 spiro atoms. The van der Waals surface area contributed by atoms with E-state index >= 15 is 0 Å². The van der Waals surface area contributed by atoms with E-state index in [1.54, 1.807) is 13.1 Å². The Morgan fingerprint density at radius 2 is 1.86 bits per heavy atom. The lowest BCUT2D eigenvalue weighted by Gasteiger charge is -2.01. The van der Waals surface area contributed by atoms with Gasteiger partial charge in [0.1, 0.15) is 0 Å². The van der Waals surface area contributed by atoms with Crippen molar-refractivity contribution in [3.63, 3.8) is 0 Å². The van der Waals surface area contributed by atoms with Crippen molar-refractivity contribution in [2.45, 2.75) is 13.1 Å². The van der Waals surface area contributed by atoms with Crippen LogP contribution in [0.2, 0.25) is 13.1 Å². The highest BCUT2D eigenvalue weighted by Gasteiger charge is 2.27. The molecule has 0 aromatic carbocycles. The minimum absolute atomic E-state index is 0.853. The Kier molecular flexibility index (Phi) is 1.83. The molecule has 0 unspecified atom stereocenters. The van der Waals surface area contributed by atoms with Crippen LogP contribution in [0.25, 0.3) is 0 Å². The van der Waals surface area contributed by atoms with Crippen molar-refractivity contribution < 1.29 is 9.90 Å². The third kappa shape index (κ3) is 2.65. The highest BCUT2D eigenvalue weighted by Crippen LogP contribution is 2.06. The molecule has 0 amide bonds. The van der Waals surface area contributed by atoms with Crippen molar-refractivity contribution >= 4 is 24.1 Å². The van der Waals surface area contributed by atoms with E-state index in [-0.39, 0.29) is 0 Å². The Hall–Kier alpha value is -0.0231. The van der Waals surface area contributed by atoms with Gasteiger partial charge in [0.25, 0.3) is 13.0 Å². The topological polar surface area (TPSA) is 37.3 Å². The molecule has 0 radical (unpaired) electrons. The number of hydrogen-bond donors (Lipinski definition) is 1. The molecule has 0 fully saturated rings. The van der Waals surface area contributed by atoms with Crippen molar-refractivity contribution in [2.24, 2.45) is 0 Å². The summed E-state index contributed by atoms with van der Waals surface area (Å²) in [4.78, 5) is 9.95. The maximum absolute atomic E-state index is 9.95. The van der Waals surface area contributed by atoms with E-state index in [0.29, 0.717) is 0 Å². The monoisotopic (exact) mass is 138 g/mol. The molecule has 4 heteroatoms. The number of carbonyl (C=O) groups is 1. The zero-order valence-electron chi connectivity index (χ0n) is 4.23. The summed E-state index contributed by atoms with van der Waals surface area (Å²) >= 11 is 5.41. The first-order valence-corrected chi connectivity index (χ1v) is 5.88. The Morgan fingerprint density at radius 1 is 1.71 bits per heavy atom. The van der Waals surface area contributed by atoms with Crippen LogP contribution in [0.4, 0.5) is 4.79 Å². The van der Waals surface area contributed by atoms with Gasteiger partial charge in [0, 0.05) is 0 Å². The minimum Gasteiger partial charge on any atom is -0.485 e. The van der Waals surface area contributed by atoms with Gasteiger partial charge in [-0.15, -0.1) is 0 Å². The molecule has 0 heterocycles. The van der Waals surface area contributed by atoms with Crippen LogP contribution in [0.5, 0.6) is 0 Å². The quantitative estimate of drug-likeness (QED) is 0.442. The first kappa shape index (κ1) is 6.98. The number of rotatable bonds is 1. The largest absolute Gasteiger partial charge is 0.485 e. The van der Waals surface area contributed by atoms with Gasteiger partial charge >= 0.3 is 0 Å². The molecule has 0 aliphatic carbocycles.